The molecule has 16 heavy (non-hydrogen) atoms. The van der Waals surface area contributed by atoms with Crippen LogP contribution < -0.4 is 0 Å². The summed E-state index contributed by atoms with van der Waals surface area (Å²) in [5.74, 6) is -1.69. The summed E-state index contributed by atoms with van der Waals surface area (Å²) in [7, 11) is -3.75. The topological polar surface area (TPSA) is 54.0 Å². The van der Waals surface area contributed by atoms with Crippen molar-refractivity contribution in [2.24, 2.45) is 0 Å². The monoisotopic (exact) mass is 258 g/mol. The summed E-state index contributed by atoms with van der Waals surface area (Å²) in [6.07, 6.45) is -3.23. The quantitative estimate of drug-likeness (QED) is 0.615. The summed E-state index contributed by atoms with van der Waals surface area (Å²) in [6.45, 7) is 5.29. The van der Waals surface area contributed by atoms with Gasteiger partial charge < -0.3 is 17.7 Å². The molecule has 0 aromatic rings. The first-order valence-electron chi connectivity index (χ1n) is 4.94. The van der Waals surface area contributed by atoms with Gasteiger partial charge in [-0.15, -0.1) is 0 Å². The van der Waals surface area contributed by atoms with Crippen molar-refractivity contribution in [3.63, 3.8) is 0 Å². The van der Waals surface area contributed by atoms with E-state index in [1.54, 1.807) is 20.8 Å². The lowest BCUT2D eigenvalue weighted by molar-refractivity contribution is -0.156. The number of halogens is 2. The fourth-order valence-corrected chi connectivity index (χ4v) is 2.73. The highest BCUT2D eigenvalue weighted by molar-refractivity contribution is 6.55. The molecular formula is C8H16F2O5Si. The second-order valence-electron chi connectivity index (χ2n) is 2.52. The van der Waals surface area contributed by atoms with Crippen molar-refractivity contribution in [3.05, 3.63) is 0 Å². The molecule has 0 radical (unpaired) electrons. The Morgan fingerprint density at radius 2 is 1.44 bits per heavy atom. The predicted molar refractivity (Wildman–Crippen MR) is 52.7 cm³/mol. The number of rotatable bonds is 8. The van der Waals surface area contributed by atoms with E-state index in [9.17, 15) is 13.6 Å². The summed E-state index contributed by atoms with van der Waals surface area (Å²) in [5, 5.41) is 0. The van der Waals surface area contributed by atoms with Gasteiger partial charge in [-0.3, -0.25) is 0 Å². The fraction of sp³-hybridized carbons (Fsp3) is 0.875. The average Bonchev–Trinajstić information content (AvgIpc) is 2.18. The van der Waals surface area contributed by atoms with E-state index >= 15 is 0 Å². The second kappa shape index (κ2) is 7.66. The minimum absolute atomic E-state index is 0.142. The van der Waals surface area contributed by atoms with Crippen LogP contribution >= 0.6 is 0 Å². The van der Waals surface area contributed by atoms with Gasteiger partial charge in [0.15, 0.2) is 0 Å². The molecule has 0 aliphatic rings. The Morgan fingerprint density at radius 1 is 1.06 bits per heavy atom. The molecule has 8 heteroatoms. The van der Waals surface area contributed by atoms with Crippen LogP contribution in [0.15, 0.2) is 0 Å². The predicted octanol–water partition coefficient (Wildman–Crippen LogP) is 1.34. The van der Waals surface area contributed by atoms with Crippen molar-refractivity contribution in [2.45, 2.75) is 27.2 Å². The van der Waals surface area contributed by atoms with Crippen molar-refractivity contribution in [2.75, 3.05) is 19.8 Å². The van der Waals surface area contributed by atoms with Crippen LogP contribution in [0.1, 0.15) is 20.8 Å². The molecule has 5 nitrogen and oxygen atoms in total. The van der Waals surface area contributed by atoms with Crippen molar-refractivity contribution in [1.29, 1.82) is 0 Å². The van der Waals surface area contributed by atoms with Gasteiger partial charge in [-0.2, -0.15) is 8.78 Å². The van der Waals surface area contributed by atoms with Gasteiger partial charge in [0, 0.05) is 19.8 Å². The van der Waals surface area contributed by atoms with E-state index in [2.05, 4.69) is 4.43 Å². The average molecular weight is 258 g/mol. The summed E-state index contributed by atoms with van der Waals surface area (Å²) < 4.78 is 43.8. The standard InChI is InChI=1S/C8H16F2O5Si/c1-4-12-16(13-5-2,14-6-3)15-8(11)7(9)10/h7H,4-6H2,1-3H3. The largest absolute Gasteiger partial charge is 0.751 e. The molecule has 0 rings (SSSR count). The lowest BCUT2D eigenvalue weighted by Gasteiger charge is -2.25. The van der Waals surface area contributed by atoms with Crippen LogP contribution in [-0.2, 0) is 22.5 Å². The minimum atomic E-state index is -3.75. The molecule has 0 atom stereocenters. The van der Waals surface area contributed by atoms with E-state index in [4.69, 9.17) is 13.3 Å². The van der Waals surface area contributed by atoms with Crippen molar-refractivity contribution >= 4 is 15.0 Å². The second-order valence-corrected chi connectivity index (χ2v) is 4.59. The highest BCUT2D eigenvalue weighted by Gasteiger charge is 2.50. The van der Waals surface area contributed by atoms with Crippen molar-refractivity contribution < 1.29 is 31.3 Å². The number of hydrogen-bond donors (Lipinski definition) is 0. The van der Waals surface area contributed by atoms with E-state index in [1.165, 1.54) is 0 Å². The van der Waals surface area contributed by atoms with Gasteiger partial charge in [-0.05, 0) is 20.8 Å². The van der Waals surface area contributed by atoms with Crippen LogP contribution in [0.3, 0.4) is 0 Å². The summed E-state index contributed by atoms with van der Waals surface area (Å²) >= 11 is 0. The number of carbonyl (C=O) groups excluding carboxylic acids is 1. The molecule has 0 amide bonds. The molecule has 0 saturated carbocycles. The Kier molecular flexibility index (Phi) is 7.39. The maximum absolute atomic E-state index is 12.1. The normalized spacial score (nSPS) is 11.9. The number of hydrogen-bond acceptors (Lipinski definition) is 5. The van der Waals surface area contributed by atoms with E-state index in [1.807, 2.05) is 0 Å². The Balaban J connectivity index is 4.64. The SMILES string of the molecule is CCO[Si](OCC)(OCC)OC(=O)C(F)F. The molecule has 0 spiro atoms. The number of carbonyl (C=O) groups is 1. The summed E-state index contributed by atoms with van der Waals surface area (Å²) in [4.78, 5) is 10.8. The molecular weight excluding hydrogens is 242 g/mol. The van der Waals surface area contributed by atoms with Gasteiger partial charge in [-0.25, -0.2) is 4.79 Å². The van der Waals surface area contributed by atoms with Gasteiger partial charge in [0.05, 0.1) is 0 Å². The third-order valence-corrected chi connectivity index (χ3v) is 3.74. The zero-order valence-corrected chi connectivity index (χ0v) is 10.5. The molecule has 0 aromatic carbocycles. The van der Waals surface area contributed by atoms with Gasteiger partial charge in [-0.1, -0.05) is 0 Å². The highest BCUT2D eigenvalue weighted by atomic mass is 28.4. The fourth-order valence-electron chi connectivity index (χ4n) is 0.911. The van der Waals surface area contributed by atoms with E-state index in [0.717, 1.165) is 0 Å². The van der Waals surface area contributed by atoms with Crippen molar-refractivity contribution in [3.8, 4) is 0 Å². The van der Waals surface area contributed by atoms with Gasteiger partial charge >= 0.3 is 21.4 Å². The smallest absolute Gasteiger partial charge is 0.448 e. The van der Waals surface area contributed by atoms with Crippen LogP contribution in [0, 0.1) is 0 Å². The van der Waals surface area contributed by atoms with Crippen LogP contribution in [0.2, 0.25) is 0 Å². The third kappa shape index (κ3) is 4.97. The lowest BCUT2D eigenvalue weighted by Crippen LogP contribution is -2.51. The highest BCUT2D eigenvalue weighted by Crippen LogP contribution is 2.14. The Bertz CT molecular complexity index is 198. The molecule has 0 aliphatic carbocycles. The molecule has 0 aromatic heterocycles. The first kappa shape index (κ1) is 15.4. The molecule has 0 saturated heterocycles. The van der Waals surface area contributed by atoms with Crippen molar-refractivity contribution in [1.82, 2.24) is 0 Å². The van der Waals surface area contributed by atoms with Gasteiger partial charge in [0.2, 0.25) is 0 Å². The zero-order chi connectivity index (χ0) is 12.6. The van der Waals surface area contributed by atoms with Crippen LogP contribution in [-0.4, -0.2) is 41.3 Å². The van der Waals surface area contributed by atoms with Gasteiger partial charge in [0.25, 0.3) is 0 Å². The maximum atomic E-state index is 12.1. The number of alkyl halides is 2. The minimum Gasteiger partial charge on any atom is -0.448 e. The van der Waals surface area contributed by atoms with E-state index in [-0.39, 0.29) is 19.8 Å². The van der Waals surface area contributed by atoms with E-state index in [0.29, 0.717) is 0 Å². The molecule has 0 fully saturated rings. The molecule has 0 unspecified atom stereocenters. The van der Waals surface area contributed by atoms with E-state index < -0.39 is 21.4 Å². The Hall–Kier alpha value is -0.573. The molecule has 96 valence electrons. The zero-order valence-electron chi connectivity index (χ0n) is 9.50. The molecule has 0 aliphatic heterocycles. The Morgan fingerprint density at radius 3 is 1.69 bits per heavy atom. The summed E-state index contributed by atoms with van der Waals surface area (Å²) in [5.41, 5.74) is 0. The lowest BCUT2D eigenvalue weighted by atomic mass is 10.7. The van der Waals surface area contributed by atoms with Gasteiger partial charge in [0.1, 0.15) is 0 Å². The Labute approximate surface area is 94.1 Å². The van der Waals surface area contributed by atoms with Crippen LogP contribution in [0.5, 0.6) is 0 Å². The molecule has 0 bridgehead atoms. The first-order valence-corrected chi connectivity index (χ1v) is 6.57. The molecule has 0 N–H and O–H groups in total. The first-order chi connectivity index (χ1) is 7.51. The van der Waals surface area contributed by atoms with Crippen LogP contribution in [0.25, 0.3) is 0 Å². The summed E-state index contributed by atoms with van der Waals surface area (Å²) in [6, 6.07) is 0. The molecule has 0 heterocycles. The van der Waals surface area contributed by atoms with Crippen LogP contribution in [0.4, 0.5) is 8.78 Å². The third-order valence-electron chi connectivity index (χ3n) is 1.37. The maximum Gasteiger partial charge on any atom is 0.751 e.